The third-order valence-electron chi connectivity index (χ3n) is 2.81. The van der Waals surface area contributed by atoms with E-state index in [0.717, 1.165) is 6.54 Å². The lowest BCUT2D eigenvalue weighted by Crippen LogP contribution is -2.18. The number of nitrogens with zero attached hydrogens (tertiary/aromatic N) is 1. The monoisotopic (exact) mass is 189 g/mol. The van der Waals surface area contributed by atoms with Gasteiger partial charge in [-0.25, -0.2) is 0 Å². The average Bonchev–Trinajstić information content (AvgIpc) is 2.20. The van der Waals surface area contributed by atoms with E-state index in [4.69, 9.17) is 0 Å². The third kappa shape index (κ3) is 1.82. The first-order chi connectivity index (χ1) is 6.61. The van der Waals surface area contributed by atoms with Crippen LogP contribution in [0.3, 0.4) is 0 Å². The van der Waals surface area contributed by atoms with Gasteiger partial charge in [0.25, 0.3) is 0 Å². The lowest BCUT2D eigenvalue weighted by atomic mass is 10.0. The summed E-state index contributed by atoms with van der Waals surface area (Å²) in [6, 6.07) is 4.29. The minimum Gasteiger partial charge on any atom is -0.374 e. The van der Waals surface area contributed by atoms with E-state index >= 15 is 0 Å². The van der Waals surface area contributed by atoms with Crippen molar-refractivity contribution in [3.8, 4) is 0 Å². The maximum Gasteiger partial charge on any atom is 0.0469 e. The summed E-state index contributed by atoms with van der Waals surface area (Å²) >= 11 is 0. The van der Waals surface area contributed by atoms with Gasteiger partial charge in [-0.05, 0) is 37.5 Å². The number of aryl methyl sites for hydroxylation is 1. The van der Waals surface area contributed by atoms with Gasteiger partial charge in [0.2, 0.25) is 0 Å². The fourth-order valence-corrected chi connectivity index (χ4v) is 1.65. The van der Waals surface area contributed by atoms with Crippen LogP contribution in [0.25, 0.3) is 6.08 Å². The molecule has 14 heavy (non-hydrogen) atoms. The molecule has 0 N–H and O–H groups in total. The van der Waals surface area contributed by atoms with E-state index in [1.165, 1.54) is 22.4 Å². The van der Waals surface area contributed by atoms with Gasteiger partial charge in [-0.15, -0.1) is 0 Å². The third-order valence-corrected chi connectivity index (χ3v) is 2.81. The molecule has 0 aromatic heterocycles. The second-order valence-corrected chi connectivity index (χ2v) is 3.66. The molecule has 76 valence electrons. The highest BCUT2D eigenvalue weighted by Gasteiger charge is 2.08. The van der Waals surface area contributed by atoms with Crippen LogP contribution >= 0.6 is 0 Å². The molecule has 0 aliphatic heterocycles. The topological polar surface area (TPSA) is 3.24 Å². The molecule has 1 nitrogen and oxygen atoms in total. The van der Waals surface area contributed by atoms with E-state index < -0.39 is 0 Å². The van der Waals surface area contributed by atoms with Gasteiger partial charge < -0.3 is 4.90 Å². The fraction of sp³-hybridized carbons (Fsp3) is 0.385. The average molecular weight is 189 g/mol. The Morgan fingerprint density at radius 3 is 2.50 bits per heavy atom. The maximum atomic E-state index is 3.85. The highest BCUT2D eigenvalue weighted by Crippen LogP contribution is 2.27. The van der Waals surface area contributed by atoms with E-state index in [2.05, 4.69) is 51.4 Å². The minimum absolute atomic E-state index is 1.02. The van der Waals surface area contributed by atoms with Crippen LogP contribution in [0.5, 0.6) is 0 Å². The Morgan fingerprint density at radius 1 is 1.36 bits per heavy atom. The molecule has 0 unspecified atom stereocenters. The highest BCUT2D eigenvalue weighted by atomic mass is 15.1. The standard InChI is InChI=1S/C13H19N/c1-6-12-9-8-10(3)11(4)13(12)14(5)7-2/h6,8-9H,1,7H2,2-5H3. The number of anilines is 1. The second kappa shape index (κ2) is 4.32. The van der Waals surface area contributed by atoms with Crippen LogP contribution in [0.1, 0.15) is 23.6 Å². The molecule has 0 saturated heterocycles. The SMILES string of the molecule is C=Cc1ccc(C)c(C)c1N(C)CC. The molecular weight excluding hydrogens is 170 g/mol. The second-order valence-electron chi connectivity index (χ2n) is 3.66. The Kier molecular flexibility index (Phi) is 3.34. The molecule has 0 spiro atoms. The molecule has 0 atom stereocenters. The van der Waals surface area contributed by atoms with Crippen molar-refractivity contribution < 1.29 is 0 Å². The van der Waals surface area contributed by atoms with Gasteiger partial charge in [0, 0.05) is 19.3 Å². The predicted molar refractivity (Wildman–Crippen MR) is 65.0 cm³/mol. The van der Waals surface area contributed by atoms with Gasteiger partial charge in [0.1, 0.15) is 0 Å². The van der Waals surface area contributed by atoms with E-state index in [1.54, 1.807) is 0 Å². The molecule has 0 radical (unpaired) electrons. The lowest BCUT2D eigenvalue weighted by Gasteiger charge is -2.23. The summed E-state index contributed by atoms with van der Waals surface area (Å²) in [5, 5.41) is 0. The Morgan fingerprint density at radius 2 is 2.00 bits per heavy atom. The lowest BCUT2D eigenvalue weighted by molar-refractivity contribution is 0.957. The molecule has 0 heterocycles. The Balaban J connectivity index is 3.34. The number of benzene rings is 1. The molecule has 0 bridgehead atoms. The van der Waals surface area contributed by atoms with Crippen molar-refractivity contribution in [3.05, 3.63) is 35.4 Å². The summed E-state index contributed by atoms with van der Waals surface area (Å²) in [6.45, 7) is 11.4. The van der Waals surface area contributed by atoms with Crippen molar-refractivity contribution in [2.75, 3.05) is 18.5 Å². The molecule has 1 rings (SSSR count). The molecule has 0 aliphatic carbocycles. The van der Waals surface area contributed by atoms with E-state index in [9.17, 15) is 0 Å². The van der Waals surface area contributed by atoms with Crippen LogP contribution in [0, 0.1) is 13.8 Å². The first kappa shape index (κ1) is 10.8. The fourth-order valence-electron chi connectivity index (χ4n) is 1.65. The molecule has 1 heteroatoms. The van der Waals surface area contributed by atoms with E-state index in [0.29, 0.717) is 0 Å². The molecular formula is C13H19N. The first-order valence-corrected chi connectivity index (χ1v) is 5.05. The molecule has 0 saturated carbocycles. The summed E-state index contributed by atoms with van der Waals surface area (Å²) in [7, 11) is 2.12. The van der Waals surface area contributed by atoms with Crippen LogP contribution in [0.15, 0.2) is 18.7 Å². The number of hydrogen-bond acceptors (Lipinski definition) is 1. The summed E-state index contributed by atoms with van der Waals surface area (Å²) in [5.74, 6) is 0. The van der Waals surface area contributed by atoms with Gasteiger partial charge in [-0.3, -0.25) is 0 Å². The van der Waals surface area contributed by atoms with E-state index in [1.807, 2.05) is 6.08 Å². The van der Waals surface area contributed by atoms with Crippen LogP contribution < -0.4 is 4.90 Å². The van der Waals surface area contributed by atoms with Crippen molar-refractivity contribution in [1.82, 2.24) is 0 Å². The Labute approximate surface area is 87.1 Å². The van der Waals surface area contributed by atoms with Crippen LogP contribution in [0.4, 0.5) is 5.69 Å². The largest absolute Gasteiger partial charge is 0.374 e. The molecule has 1 aromatic carbocycles. The number of hydrogen-bond donors (Lipinski definition) is 0. The summed E-state index contributed by atoms with van der Waals surface area (Å²) in [6.07, 6.45) is 1.92. The minimum atomic E-state index is 1.02. The van der Waals surface area contributed by atoms with Crippen molar-refractivity contribution in [2.24, 2.45) is 0 Å². The first-order valence-electron chi connectivity index (χ1n) is 5.05. The number of rotatable bonds is 3. The zero-order valence-corrected chi connectivity index (χ0v) is 9.59. The van der Waals surface area contributed by atoms with Crippen molar-refractivity contribution in [2.45, 2.75) is 20.8 Å². The molecule has 0 fully saturated rings. The molecule has 0 amide bonds. The summed E-state index contributed by atoms with van der Waals surface area (Å²) in [5.41, 5.74) is 5.22. The summed E-state index contributed by atoms with van der Waals surface area (Å²) < 4.78 is 0. The van der Waals surface area contributed by atoms with Crippen molar-refractivity contribution in [1.29, 1.82) is 0 Å². The molecule has 1 aromatic rings. The maximum absolute atomic E-state index is 3.85. The van der Waals surface area contributed by atoms with E-state index in [-0.39, 0.29) is 0 Å². The zero-order chi connectivity index (χ0) is 10.7. The zero-order valence-electron chi connectivity index (χ0n) is 9.59. The van der Waals surface area contributed by atoms with Gasteiger partial charge in [0.15, 0.2) is 0 Å². The van der Waals surface area contributed by atoms with Gasteiger partial charge in [0.05, 0.1) is 0 Å². The van der Waals surface area contributed by atoms with Crippen LogP contribution in [-0.4, -0.2) is 13.6 Å². The smallest absolute Gasteiger partial charge is 0.0469 e. The predicted octanol–water partition coefficient (Wildman–Crippen LogP) is 3.40. The Bertz CT molecular complexity index is 339. The molecule has 0 aliphatic rings. The quantitative estimate of drug-likeness (QED) is 0.704. The van der Waals surface area contributed by atoms with Gasteiger partial charge in [-0.1, -0.05) is 24.8 Å². The van der Waals surface area contributed by atoms with Gasteiger partial charge in [-0.2, -0.15) is 0 Å². The van der Waals surface area contributed by atoms with Crippen LogP contribution in [-0.2, 0) is 0 Å². The van der Waals surface area contributed by atoms with Gasteiger partial charge >= 0.3 is 0 Å². The van der Waals surface area contributed by atoms with Crippen molar-refractivity contribution >= 4 is 11.8 Å². The van der Waals surface area contributed by atoms with Crippen LogP contribution in [0.2, 0.25) is 0 Å². The highest BCUT2D eigenvalue weighted by molar-refractivity contribution is 5.71. The summed E-state index contributed by atoms with van der Waals surface area (Å²) in [4.78, 5) is 2.26. The Hall–Kier alpha value is -1.24. The normalized spacial score (nSPS) is 10.0. The van der Waals surface area contributed by atoms with Crippen molar-refractivity contribution in [3.63, 3.8) is 0 Å².